The molecule has 0 unspecified atom stereocenters. The largest absolute Gasteiger partial charge is 0.492 e. The van der Waals surface area contributed by atoms with E-state index in [1.54, 1.807) is 42.5 Å². The van der Waals surface area contributed by atoms with Gasteiger partial charge in [-0.2, -0.15) is 0 Å². The van der Waals surface area contributed by atoms with E-state index in [0.717, 1.165) is 0 Å². The first-order valence-corrected chi connectivity index (χ1v) is 7.41. The van der Waals surface area contributed by atoms with Gasteiger partial charge in [-0.15, -0.1) is 0 Å². The monoisotopic (exact) mass is 277 g/mol. The minimum atomic E-state index is -3.64. The van der Waals surface area contributed by atoms with Crippen LogP contribution in [0.2, 0.25) is 0 Å². The molecule has 0 bridgehead atoms. The number of hydrogen-bond acceptors (Lipinski definition) is 3. The molecule has 0 spiro atoms. The van der Waals surface area contributed by atoms with E-state index in [4.69, 9.17) is 4.74 Å². The average Bonchev–Trinajstić information content (AvgIpc) is 2.40. The standard InChI is InChI=1S/C14H15NO3S/c1-2-18-13-10-6-7-11-14(13)19(16,17)15-12-8-4-3-5-9-12/h3-11,15H,2H2,1H3. The first-order chi connectivity index (χ1) is 9.13. The summed E-state index contributed by atoms with van der Waals surface area (Å²) in [6.07, 6.45) is 0. The maximum Gasteiger partial charge on any atom is 0.265 e. The van der Waals surface area contributed by atoms with Crippen molar-refractivity contribution < 1.29 is 13.2 Å². The minimum absolute atomic E-state index is 0.140. The second-order valence-electron chi connectivity index (χ2n) is 3.85. The number of sulfonamides is 1. The highest BCUT2D eigenvalue weighted by Gasteiger charge is 2.18. The summed E-state index contributed by atoms with van der Waals surface area (Å²) in [4.78, 5) is 0.140. The number of nitrogens with one attached hydrogen (secondary N) is 1. The molecule has 5 heteroatoms. The van der Waals surface area contributed by atoms with Gasteiger partial charge in [0, 0.05) is 5.69 Å². The zero-order valence-electron chi connectivity index (χ0n) is 10.5. The van der Waals surface area contributed by atoms with Crippen LogP contribution in [0.5, 0.6) is 5.75 Å². The summed E-state index contributed by atoms with van der Waals surface area (Å²) in [5.41, 5.74) is 0.522. The van der Waals surface area contributed by atoms with Crippen molar-refractivity contribution in [2.24, 2.45) is 0 Å². The molecule has 0 aliphatic carbocycles. The molecule has 0 heterocycles. The Hall–Kier alpha value is -2.01. The third kappa shape index (κ3) is 3.26. The lowest BCUT2D eigenvalue weighted by Gasteiger charge is -2.12. The number of anilines is 1. The maximum atomic E-state index is 12.3. The number of rotatable bonds is 5. The van der Waals surface area contributed by atoms with Gasteiger partial charge in [-0.3, -0.25) is 4.72 Å². The smallest absolute Gasteiger partial charge is 0.265 e. The topological polar surface area (TPSA) is 55.4 Å². The van der Waals surface area contributed by atoms with Crippen LogP contribution in [-0.4, -0.2) is 15.0 Å². The Labute approximate surface area is 113 Å². The van der Waals surface area contributed by atoms with Crippen molar-refractivity contribution in [2.75, 3.05) is 11.3 Å². The summed E-state index contributed by atoms with van der Waals surface area (Å²) in [7, 11) is -3.64. The van der Waals surface area contributed by atoms with Crippen molar-refractivity contribution in [3.8, 4) is 5.75 Å². The second kappa shape index (κ2) is 5.75. The van der Waals surface area contributed by atoms with Gasteiger partial charge in [0.15, 0.2) is 0 Å². The molecule has 1 N–H and O–H groups in total. The molecule has 0 aromatic heterocycles. The Morgan fingerprint density at radius 3 is 2.32 bits per heavy atom. The van der Waals surface area contributed by atoms with Gasteiger partial charge in [0.2, 0.25) is 0 Å². The van der Waals surface area contributed by atoms with Crippen LogP contribution >= 0.6 is 0 Å². The summed E-state index contributed by atoms with van der Waals surface area (Å²) in [5, 5.41) is 0. The second-order valence-corrected chi connectivity index (χ2v) is 5.50. The molecule has 0 radical (unpaired) electrons. The lowest BCUT2D eigenvalue weighted by atomic mass is 10.3. The van der Waals surface area contributed by atoms with Crippen LogP contribution in [-0.2, 0) is 10.0 Å². The molecule has 4 nitrogen and oxygen atoms in total. The van der Waals surface area contributed by atoms with Gasteiger partial charge in [0.05, 0.1) is 6.61 Å². The first kappa shape index (κ1) is 13.4. The van der Waals surface area contributed by atoms with E-state index in [1.165, 1.54) is 6.07 Å². The van der Waals surface area contributed by atoms with Crippen LogP contribution in [0.4, 0.5) is 5.69 Å². The zero-order chi connectivity index (χ0) is 13.7. The predicted molar refractivity (Wildman–Crippen MR) is 74.9 cm³/mol. The van der Waals surface area contributed by atoms with Crippen molar-refractivity contribution in [3.63, 3.8) is 0 Å². The fourth-order valence-corrected chi connectivity index (χ4v) is 2.87. The molecule has 0 atom stereocenters. The molecule has 0 fully saturated rings. The number of benzene rings is 2. The fraction of sp³-hybridized carbons (Fsp3) is 0.143. The molecule has 19 heavy (non-hydrogen) atoms. The van der Waals surface area contributed by atoms with E-state index in [9.17, 15) is 8.42 Å². The molecule has 0 aliphatic rings. The molecule has 2 rings (SSSR count). The van der Waals surface area contributed by atoms with Gasteiger partial charge in [0.1, 0.15) is 10.6 Å². The summed E-state index contributed by atoms with van der Waals surface area (Å²) in [5.74, 6) is 0.355. The van der Waals surface area contributed by atoms with Crippen LogP contribution in [0.15, 0.2) is 59.5 Å². The van der Waals surface area contributed by atoms with Crippen molar-refractivity contribution in [1.29, 1.82) is 0 Å². The average molecular weight is 277 g/mol. The summed E-state index contributed by atoms with van der Waals surface area (Å²) in [6, 6.07) is 15.3. The van der Waals surface area contributed by atoms with E-state index in [2.05, 4.69) is 4.72 Å². The minimum Gasteiger partial charge on any atom is -0.492 e. The van der Waals surface area contributed by atoms with Crippen molar-refractivity contribution in [1.82, 2.24) is 0 Å². The Morgan fingerprint density at radius 2 is 1.63 bits per heavy atom. The van der Waals surface area contributed by atoms with Crippen molar-refractivity contribution in [2.45, 2.75) is 11.8 Å². The van der Waals surface area contributed by atoms with Crippen LogP contribution in [0.25, 0.3) is 0 Å². The van der Waals surface area contributed by atoms with Crippen molar-refractivity contribution in [3.05, 3.63) is 54.6 Å². The molecular formula is C14H15NO3S. The summed E-state index contributed by atoms with van der Waals surface area (Å²) >= 11 is 0. The Balaban J connectivity index is 2.35. The van der Waals surface area contributed by atoms with Crippen LogP contribution in [0.1, 0.15) is 6.92 Å². The summed E-state index contributed by atoms with van der Waals surface area (Å²) < 4.78 is 32.5. The lowest BCUT2D eigenvalue weighted by molar-refractivity contribution is 0.331. The highest BCUT2D eigenvalue weighted by atomic mass is 32.2. The molecule has 2 aromatic carbocycles. The lowest BCUT2D eigenvalue weighted by Crippen LogP contribution is -2.14. The quantitative estimate of drug-likeness (QED) is 0.914. The van der Waals surface area contributed by atoms with E-state index in [-0.39, 0.29) is 4.90 Å². The Bertz CT molecular complexity index is 639. The molecule has 2 aromatic rings. The van der Waals surface area contributed by atoms with Gasteiger partial charge < -0.3 is 4.74 Å². The molecular weight excluding hydrogens is 262 g/mol. The normalized spacial score (nSPS) is 11.0. The Kier molecular flexibility index (Phi) is 4.06. The van der Waals surface area contributed by atoms with Gasteiger partial charge in [-0.1, -0.05) is 30.3 Å². The van der Waals surface area contributed by atoms with Gasteiger partial charge >= 0.3 is 0 Å². The Morgan fingerprint density at radius 1 is 1.00 bits per heavy atom. The predicted octanol–water partition coefficient (Wildman–Crippen LogP) is 2.89. The van der Waals surface area contributed by atoms with Crippen molar-refractivity contribution >= 4 is 15.7 Å². The molecule has 0 aliphatic heterocycles. The third-order valence-electron chi connectivity index (χ3n) is 2.46. The van der Waals surface area contributed by atoms with Gasteiger partial charge in [-0.25, -0.2) is 8.42 Å². The van der Waals surface area contributed by atoms with E-state index in [0.29, 0.717) is 18.0 Å². The number of ether oxygens (including phenoxy) is 1. The van der Waals surface area contributed by atoms with E-state index in [1.807, 2.05) is 13.0 Å². The van der Waals surface area contributed by atoms with Crippen LogP contribution in [0.3, 0.4) is 0 Å². The third-order valence-corrected chi connectivity index (χ3v) is 3.89. The van der Waals surface area contributed by atoms with Gasteiger partial charge in [0.25, 0.3) is 10.0 Å². The highest BCUT2D eigenvalue weighted by molar-refractivity contribution is 7.92. The van der Waals surface area contributed by atoms with Gasteiger partial charge in [-0.05, 0) is 31.2 Å². The van der Waals surface area contributed by atoms with E-state index >= 15 is 0 Å². The number of hydrogen-bond donors (Lipinski definition) is 1. The highest BCUT2D eigenvalue weighted by Crippen LogP contribution is 2.25. The van der Waals surface area contributed by atoms with Crippen LogP contribution in [0, 0.1) is 0 Å². The molecule has 0 amide bonds. The maximum absolute atomic E-state index is 12.3. The first-order valence-electron chi connectivity index (χ1n) is 5.93. The molecule has 0 saturated carbocycles. The van der Waals surface area contributed by atoms with Crippen LogP contribution < -0.4 is 9.46 Å². The fourth-order valence-electron chi connectivity index (χ4n) is 1.66. The zero-order valence-corrected chi connectivity index (χ0v) is 11.4. The SMILES string of the molecule is CCOc1ccccc1S(=O)(=O)Nc1ccccc1. The molecule has 100 valence electrons. The van der Waals surface area contributed by atoms with E-state index < -0.39 is 10.0 Å². The number of para-hydroxylation sites is 2. The molecule has 0 saturated heterocycles. The summed E-state index contributed by atoms with van der Waals surface area (Å²) in [6.45, 7) is 2.23.